The summed E-state index contributed by atoms with van der Waals surface area (Å²) in [6, 6.07) is 4.10. The molecule has 0 aliphatic rings. The zero-order valence-corrected chi connectivity index (χ0v) is 21.3. The van der Waals surface area contributed by atoms with E-state index in [0.29, 0.717) is 13.0 Å². The van der Waals surface area contributed by atoms with Crippen LogP contribution in [0.2, 0.25) is 0 Å². The average Bonchev–Trinajstić information content (AvgIpc) is 2.76. The van der Waals surface area contributed by atoms with Crippen LogP contribution in [-0.2, 0) is 14.3 Å². The van der Waals surface area contributed by atoms with Crippen LogP contribution in [-0.4, -0.2) is 64.4 Å². The summed E-state index contributed by atoms with van der Waals surface area (Å²) in [6.07, 6.45) is 1.45. The predicted molar refractivity (Wildman–Crippen MR) is 130 cm³/mol. The highest BCUT2D eigenvalue weighted by atomic mass is 16.6. The van der Waals surface area contributed by atoms with Gasteiger partial charge in [-0.1, -0.05) is 51.8 Å². The molecule has 0 saturated heterocycles. The lowest BCUT2D eigenvalue weighted by Gasteiger charge is -2.35. The summed E-state index contributed by atoms with van der Waals surface area (Å²) in [7, 11) is 0. The van der Waals surface area contributed by atoms with Crippen LogP contribution < -0.4 is 10.6 Å². The van der Waals surface area contributed by atoms with E-state index in [2.05, 4.69) is 10.6 Å². The normalized spacial score (nSPS) is 14.0. The topological polar surface area (TPSA) is 128 Å². The van der Waals surface area contributed by atoms with Crippen molar-refractivity contribution < 1.29 is 29.3 Å². The molecule has 0 bridgehead atoms. The van der Waals surface area contributed by atoms with Crippen LogP contribution in [0.3, 0.4) is 0 Å². The van der Waals surface area contributed by atoms with Crippen molar-refractivity contribution in [3.05, 3.63) is 29.8 Å². The first-order valence-corrected chi connectivity index (χ1v) is 11.9. The number of hydrogen-bond acceptors (Lipinski definition) is 6. The van der Waals surface area contributed by atoms with Crippen LogP contribution in [0.1, 0.15) is 72.4 Å². The molecule has 0 aliphatic carbocycles. The van der Waals surface area contributed by atoms with Crippen molar-refractivity contribution in [2.45, 2.75) is 78.5 Å². The summed E-state index contributed by atoms with van der Waals surface area (Å²) in [5.41, 5.74) is -0.520. The Hall–Kier alpha value is -2.81. The largest absolute Gasteiger partial charge is 0.508 e. The van der Waals surface area contributed by atoms with Gasteiger partial charge in [0.25, 0.3) is 0 Å². The minimum atomic E-state index is -1.19. The van der Waals surface area contributed by atoms with Crippen LogP contribution in [0.4, 0.5) is 4.79 Å². The average molecular weight is 480 g/mol. The first kappa shape index (κ1) is 29.2. The fraction of sp³-hybridized carbons (Fsp3) is 0.640. The molecule has 34 heavy (non-hydrogen) atoms. The number of nitrogens with one attached hydrogen (secondary N) is 2. The molecular weight excluding hydrogens is 438 g/mol. The van der Waals surface area contributed by atoms with E-state index < -0.39 is 42.2 Å². The number of ether oxygens (including phenoxy) is 1. The number of aliphatic hydroxyl groups excluding tert-OH is 1. The van der Waals surface area contributed by atoms with E-state index in [4.69, 9.17) is 4.74 Å². The van der Waals surface area contributed by atoms with E-state index in [-0.39, 0.29) is 23.8 Å². The number of phenolic OH excluding ortho intramolecular Hbond substituents is 1. The van der Waals surface area contributed by atoms with Gasteiger partial charge >= 0.3 is 6.09 Å². The molecule has 9 heteroatoms. The molecule has 0 aromatic heterocycles. The molecule has 0 saturated carbocycles. The molecule has 1 aromatic rings. The van der Waals surface area contributed by atoms with Crippen LogP contribution in [0, 0.1) is 5.92 Å². The third kappa shape index (κ3) is 8.85. The van der Waals surface area contributed by atoms with E-state index in [1.165, 1.54) is 11.0 Å². The van der Waals surface area contributed by atoms with E-state index in [1.54, 1.807) is 39.0 Å². The molecule has 192 valence electrons. The molecule has 3 atom stereocenters. The number of alkyl carbamates (subject to hydrolysis) is 1. The van der Waals surface area contributed by atoms with Crippen molar-refractivity contribution in [1.29, 1.82) is 0 Å². The molecule has 4 N–H and O–H groups in total. The van der Waals surface area contributed by atoms with Crippen molar-refractivity contribution in [2.24, 2.45) is 5.92 Å². The molecule has 1 rings (SSSR count). The Balaban J connectivity index is 3.41. The fourth-order valence-electron chi connectivity index (χ4n) is 3.42. The summed E-state index contributed by atoms with van der Waals surface area (Å²) in [5, 5.41) is 25.7. The molecule has 0 heterocycles. The first-order valence-electron chi connectivity index (χ1n) is 11.9. The number of carbonyl (C=O) groups excluding carboxylic acids is 3. The number of aliphatic hydroxyl groups is 1. The molecule has 1 aromatic carbocycles. The smallest absolute Gasteiger partial charge is 0.408 e. The maximum absolute atomic E-state index is 13.8. The lowest BCUT2D eigenvalue weighted by atomic mass is 9.95. The molecule has 0 fully saturated rings. The first-order chi connectivity index (χ1) is 16.0. The van der Waals surface area contributed by atoms with Crippen molar-refractivity contribution >= 4 is 17.9 Å². The second kappa shape index (κ2) is 13.8. The van der Waals surface area contributed by atoms with E-state index in [9.17, 15) is 24.6 Å². The van der Waals surface area contributed by atoms with E-state index in [0.717, 1.165) is 12.8 Å². The van der Waals surface area contributed by atoms with E-state index in [1.807, 2.05) is 20.8 Å². The number of rotatable bonds is 12. The fourth-order valence-corrected chi connectivity index (χ4v) is 3.42. The van der Waals surface area contributed by atoms with Gasteiger partial charge in [-0.15, -0.1) is 0 Å². The zero-order chi connectivity index (χ0) is 25.9. The number of nitrogens with zero attached hydrogens (tertiary/aromatic N) is 1. The Morgan fingerprint density at radius 3 is 2.32 bits per heavy atom. The minimum absolute atomic E-state index is 0.144. The molecule has 0 aliphatic heterocycles. The van der Waals surface area contributed by atoms with Crippen molar-refractivity contribution in [3.63, 3.8) is 0 Å². The van der Waals surface area contributed by atoms with Crippen LogP contribution >= 0.6 is 0 Å². The maximum Gasteiger partial charge on any atom is 0.408 e. The Morgan fingerprint density at radius 1 is 1.15 bits per heavy atom. The second-order valence-electron chi connectivity index (χ2n) is 9.37. The molecule has 0 radical (unpaired) electrons. The quantitative estimate of drug-likeness (QED) is 0.341. The SMILES string of the molecule is CCCCNC(=O)C(c1ccccc1O)N(CCO)C(=O)C(NC(=O)OC(C)(C)C)C(C)CC. The zero-order valence-electron chi connectivity index (χ0n) is 21.3. The molecule has 0 spiro atoms. The molecule has 3 unspecified atom stereocenters. The van der Waals surface area contributed by atoms with Gasteiger partial charge in [-0.25, -0.2) is 4.79 Å². The monoisotopic (exact) mass is 479 g/mol. The van der Waals surface area contributed by atoms with Crippen molar-refractivity contribution in [3.8, 4) is 5.75 Å². The summed E-state index contributed by atoms with van der Waals surface area (Å²) >= 11 is 0. The minimum Gasteiger partial charge on any atom is -0.508 e. The van der Waals surface area contributed by atoms with Gasteiger partial charge in [0, 0.05) is 18.7 Å². The molecule has 9 nitrogen and oxygen atoms in total. The van der Waals surface area contributed by atoms with Gasteiger partial charge in [-0.2, -0.15) is 0 Å². The van der Waals surface area contributed by atoms with Gasteiger partial charge in [-0.05, 0) is 39.2 Å². The third-order valence-corrected chi connectivity index (χ3v) is 5.40. The van der Waals surface area contributed by atoms with Gasteiger partial charge < -0.3 is 30.5 Å². The predicted octanol–water partition coefficient (Wildman–Crippen LogP) is 3.11. The highest BCUT2D eigenvalue weighted by Gasteiger charge is 2.38. The molecular formula is C25H41N3O6. The number of phenols is 1. The Morgan fingerprint density at radius 2 is 1.79 bits per heavy atom. The number of unbranched alkanes of at least 4 members (excludes halogenated alkanes) is 1. The highest BCUT2D eigenvalue weighted by Crippen LogP contribution is 2.30. The molecule has 3 amide bonds. The third-order valence-electron chi connectivity index (χ3n) is 5.40. The summed E-state index contributed by atoms with van der Waals surface area (Å²) < 4.78 is 5.34. The number of para-hydroxylation sites is 1. The van der Waals surface area contributed by atoms with Crippen LogP contribution in [0.5, 0.6) is 5.75 Å². The highest BCUT2D eigenvalue weighted by molar-refractivity contribution is 5.92. The van der Waals surface area contributed by atoms with Gasteiger partial charge in [0.2, 0.25) is 11.8 Å². The summed E-state index contributed by atoms with van der Waals surface area (Å²) in [4.78, 5) is 40.7. The van der Waals surface area contributed by atoms with E-state index >= 15 is 0 Å². The summed E-state index contributed by atoms with van der Waals surface area (Å²) in [6.45, 7) is 10.7. The van der Waals surface area contributed by atoms with Crippen molar-refractivity contribution in [2.75, 3.05) is 19.7 Å². The number of hydrogen-bond donors (Lipinski definition) is 4. The Labute approximate surface area is 202 Å². The summed E-state index contributed by atoms with van der Waals surface area (Å²) in [5.74, 6) is -1.45. The van der Waals surface area contributed by atoms with Crippen molar-refractivity contribution in [1.82, 2.24) is 15.5 Å². The number of carbonyl (C=O) groups is 3. The maximum atomic E-state index is 13.8. The number of amides is 3. The Bertz CT molecular complexity index is 808. The standard InChI is InChI=1S/C25H41N3O6/c1-7-9-14-26-22(31)21(18-12-10-11-13-19(18)30)28(15-16-29)23(32)20(17(3)8-2)27-24(33)34-25(4,5)6/h10-13,17,20-21,29-30H,7-9,14-16H2,1-6H3,(H,26,31)(H,27,33). The van der Waals surface area contributed by atoms with Crippen LogP contribution in [0.15, 0.2) is 24.3 Å². The van der Waals surface area contributed by atoms with Gasteiger partial charge in [-0.3, -0.25) is 9.59 Å². The lowest BCUT2D eigenvalue weighted by molar-refractivity contribution is -0.144. The van der Waals surface area contributed by atoms with Crippen LogP contribution in [0.25, 0.3) is 0 Å². The Kier molecular flexibility index (Phi) is 11.9. The lowest BCUT2D eigenvalue weighted by Crippen LogP contribution is -2.55. The second-order valence-corrected chi connectivity index (χ2v) is 9.37. The van der Waals surface area contributed by atoms with Gasteiger partial charge in [0.1, 0.15) is 23.4 Å². The van der Waals surface area contributed by atoms with Gasteiger partial charge in [0.05, 0.1) is 6.61 Å². The number of benzene rings is 1. The number of aromatic hydroxyl groups is 1. The van der Waals surface area contributed by atoms with Gasteiger partial charge in [0.15, 0.2) is 0 Å².